The number of anilines is 1. The molecule has 0 fully saturated rings. The predicted octanol–water partition coefficient (Wildman–Crippen LogP) is 4.63. The van der Waals surface area contributed by atoms with Gasteiger partial charge in [0.25, 0.3) is 0 Å². The van der Waals surface area contributed by atoms with Crippen molar-refractivity contribution >= 4 is 32.7 Å². The molecular formula is C17H18BrFN4. The maximum absolute atomic E-state index is 14.1. The minimum atomic E-state index is -0.318. The van der Waals surface area contributed by atoms with Crippen molar-refractivity contribution in [2.75, 3.05) is 5.73 Å². The molecule has 0 saturated heterocycles. The van der Waals surface area contributed by atoms with Crippen LogP contribution in [0.1, 0.15) is 20.8 Å². The topological polar surface area (TPSA) is 56.7 Å². The van der Waals surface area contributed by atoms with Crippen molar-refractivity contribution < 1.29 is 4.39 Å². The zero-order valence-electron chi connectivity index (χ0n) is 13.3. The quantitative estimate of drug-likeness (QED) is 0.663. The van der Waals surface area contributed by atoms with Gasteiger partial charge in [-0.05, 0) is 45.6 Å². The lowest BCUT2D eigenvalue weighted by molar-refractivity contribution is 0.327. The Bertz CT molecular complexity index is 880. The van der Waals surface area contributed by atoms with E-state index in [1.54, 1.807) is 12.1 Å². The van der Waals surface area contributed by atoms with Gasteiger partial charge >= 0.3 is 0 Å². The van der Waals surface area contributed by atoms with Crippen LogP contribution in [0.2, 0.25) is 0 Å². The molecule has 0 saturated carbocycles. The zero-order valence-corrected chi connectivity index (χ0v) is 14.9. The molecule has 23 heavy (non-hydrogen) atoms. The predicted molar refractivity (Wildman–Crippen MR) is 94.5 cm³/mol. The van der Waals surface area contributed by atoms with E-state index in [-0.39, 0.29) is 11.2 Å². The Labute approximate surface area is 142 Å². The van der Waals surface area contributed by atoms with Crippen LogP contribution in [0.5, 0.6) is 0 Å². The molecule has 0 aliphatic heterocycles. The van der Waals surface area contributed by atoms with E-state index in [1.807, 2.05) is 16.8 Å². The van der Waals surface area contributed by atoms with E-state index in [2.05, 4.69) is 47.0 Å². The van der Waals surface area contributed by atoms with Gasteiger partial charge < -0.3 is 5.73 Å². The molecule has 6 heteroatoms. The summed E-state index contributed by atoms with van der Waals surface area (Å²) in [5, 5.41) is 8.49. The summed E-state index contributed by atoms with van der Waals surface area (Å²) in [4.78, 5) is 0. The van der Waals surface area contributed by atoms with Crippen molar-refractivity contribution in [3.8, 4) is 11.1 Å². The van der Waals surface area contributed by atoms with Crippen molar-refractivity contribution in [2.24, 2.45) is 5.41 Å². The number of nitrogen functional groups attached to an aromatic ring is 1. The lowest BCUT2D eigenvalue weighted by Gasteiger charge is -2.18. The lowest BCUT2D eigenvalue weighted by Crippen LogP contribution is -2.16. The number of hydrogen-bond donors (Lipinski definition) is 1. The van der Waals surface area contributed by atoms with E-state index < -0.39 is 0 Å². The van der Waals surface area contributed by atoms with Crippen LogP contribution in [0.4, 0.5) is 10.1 Å². The Morgan fingerprint density at radius 2 is 1.91 bits per heavy atom. The molecule has 0 unspecified atom stereocenters. The highest BCUT2D eigenvalue weighted by Gasteiger charge is 2.18. The SMILES string of the molecule is CC(C)(C)Cn1nnc2c(Br)c(-c3cc(N)ccc3F)ccc21. The van der Waals surface area contributed by atoms with Gasteiger partial charge in [0.05, 0.1) is 9.99 Å². The van der Waals surface area contributed by atoms with Crippen LogP contribution in [0.15, 0.2) is 34.8 Å². The van der Waals surface area contributed by atoms with Crippen LogP contribution < -0.4 is 5.73 Å². The molecule has 0 spiro atoms. The molecule has 0 radical (unpaired) electrons. The van der Waals surface area contributed by atoms with Crippen LogP contribution in [-0.4, -0.2) is 15.0 Å². The highest BCUT2D eigenvalue weighted by atomic mass is 79.9. The van der Waals surface area contributed by atoms with Gasteiger partial charge in [0.15, 0.2) is 0 Å². The number of nitrogens with zero attached hydrogens (tertiary/aromatic N) is 3. The third kappa shape index (κ3) is 3.08. The van der Waals surface area contributed by atoms with Crippen molar-refractivity contribution in [1.82, 2.24) is 15.0 Å². The van der Waals surface area contributed by atoms with E-state index in [0.29, 0.717) is 22.3 Å². The molecule has 3 rings (SSSR count). The van der Waals surface area contributed by atoms with Gasteiger partial charge in [-0.3, -0.25) is 0 Å². The normalized spacial score (nSPS) is 12.0. The largest absolute Gasteiger partial charge is 0.399 e. The summed E-state index contributed by atoms with van der Waals surface area (Å²) in [5.41, 5.74) is 9.19. The number of aromatic nitrogens is 3. The van der Waals surface area contributed by atoms with E-state index in [9.17, 15) is 4.39 Å². The van der Waals surface area contributed by atoms with Gasteiger partial charge in [0, 0.05) is 23.4 Å². The molecule has 1 aromatic heterocycles. The van der Waals surface area contributed by atoms with Crippen molar-refractivity contribution in [3.05, 3.63) is 40.6 Å². The molecule has 0 amide bonds. The van der Waals surface area contributed by atoms with Crippen LogP contribution in [0.25, 0.3) is 22.2 Å². The second-order valence-electron chi connectivity index (χ2n) is 6.84. The Morgan fingerprint density at radius 1 is 1.17 bits per heavy atom. The average molecular weight is 377 g/mol. The Kier molecular flexibility index (Phi) is 3.88. The second-order valence-corrected chi connectivity index (χ2v) is 7.63. The first-order chi connectivity index (χ1) is 10.8. The molecule has 1 heterocycles. The first kappa shape index (κ1) is 15.9. The summed E-state index contributed by atoms with van der Waals surface area (Å²) < 4.78 is 16.7. The molecule has 4 nitrogen and oxygen atoms in total. The van der Waals surface area contributed by atoms with E-state index >= 15 is 0 Å². The number of halogens is 2. The van der Waals surface area contributed by atoms with Gasteiger partial charge in [-0.15, -0.1) is 5.10 Å². The molecule has 3 aromatic rings. The van der Waals surface area contributed by atoms with Gasteiger partial charge in [0.2, 0.25) is 0 Å². The minimum absolute atomic E-state index is 0.0891. The third-order valence-corrected chi connectivity index (χ3v) is 4.33. The fraction of sp³-hybridized carbons (Fsp3) is 0.294. The average Bonchev–Trinajstić information content (AvgIpc) is 2.84. The molecule has 0 aliphatic carbocycles. The number of hydrogen-bond acceptors (Lipinski definition) is 3. The maximum atomic E-state index is 14.1. The Hall–Kier alpha value is -1.95. The Morgan fingerprint density at radius 3 is 2.61 bits per heavy atom. The fourth-order valence-corrected chi connectivity index (χ4v) is 3.16. The Balaban J connectivity index is 2.15. The van der Waals surface area contributed by atoms with Crippen LogP contribution in [0.3, 0.4) is 0 Å². The molecule has 0 aliphatic rings. The highest BCUT2D eigenvalue weighted by Crippen LogP contribution is 2.36. The van der Waals surface area contributed by atoms with Gasteiger partial charge in [-0.2, -0.15) is 0 Å². The first-order valence-corrected chi connectivity index (χ1v) is 8.13. The number of fused-ring (bicyclic) bond motifs is 1. The fourth-order valence-electron chi connectivity index (χ4n) is 2.53. The van der Waals surface area contributed by atoms with Crippen molar-refractivity contribution in [3.63, 3.8) is 0 Å². The summed E-state index contributed by atoms with van der Waals surface area (Å²) in [7, 11) is 0. The molecule has 2 aromatic carbocycles. The van der Waals surface area contributed by atoms with E-state index in [0.717, 1.165) is 16.5 Å². The summed E-state index contributed by atoms with van der Waals surface area (Å²) >= 11 is 3.55. The van der Waals surface area contributed by atoms with Gasteiger partial charge in [-0.1, -0.05) is 32.1 Å². The summed E-state index contributed by atoms with van der Waals surface area (Å²) in [5.74, 6) is -0.318. The van der Waals surface area contributed by atoms with Crippen molar-refractivity contribution in [1.29, 1.82) is 0 Å². The van der Waals surface area contributed by atoms with E-state index in [4.69, 9.17) is 5.73 Å². The second kappa shape index (κ2) is 5.60. The minimum Gasteiger partial charge on any atom is -0.399 e. The molecular weight excluding hydrogens is 359 g/mol. The number of benzene rings is 2. The molecule has 0 bridgehead atoms. The van der Waals surface area contributed by atoms with Crippen LogP contribution in [-0.2, 0) is 6.54 Å². The summed E-state index contributed by atoms with van der Waals surface area (Å²) in [6.45, 7) is 7.19. The monoisotopic (exact) mass is 376 g/mol. The van der Waals surface area contributed by atoms with Gasteiger partial charge in [-0.25, -0.2) is 9.07 Å². The van der Waals surface area contributed by atoms with Crippen LogP contribution in [0, 0.1) is 11.2 Å². The zero-order chi connectivity index (χ0) is 16.8. The summed E-state index contributed by atoms with van der Waals surface area (Å²) in [6, 6.07) is 8.33. The van der Waals surface area contributed by atoms with Crippen molar-refractivity contribution in [2.45, 2.75) is 27.3 Å². The first-order valence-electron chi connectivity index (χ1n) is 7.33. The standard InChI is InChI=1S/C17H18BrFN4/c1-17(2,3)9-23-14-7-5-11(15(18)16(14)21-22-23)12-8-10(20)4-6-13(12)19/h4-8H,9,20H2,1-3H3. The van der Waals surface area contributed by atoms with Crippen LogP contribution >= 0.6 is 15.9 Å². The van der Waals surface area contributed by atoms with E-state index in [1.165, 1.54) is 6.07 Å². The summed E-state index contributed by atoms with van der Waals surface area (Å²) in [6.07, 6.45) is 0. The highest BCUT2D eigenvalue weighted by molar-refractivity contribution is 9.10. The lowest BCUT2D eigenvalue weighted by atomic mass is 9.97. The number of nitrogens with two attached hydrogens (primary N) is 1. The molecule has 0 atom stereocenters. The molecule has 2 N–H and O–H groups in total. The maximum Gasteiger partial charge on any atom is 0.131 e. The molecule has 120 valence electrons. The smallest absolute Gasteiger partial charge is 0.131 e. The number of rotatable bonds is 2. The van der Waals surface area contributed by atoms with Gasteiger partial charge in [0.1, 0.15) is 11.3 Å². The third-order valence-electron chi connectivity index (χ3n) is 3.53.